The second-order valence-corrected chi connectivity index (χ2v) is 8.92. The second kappa shape index (κ2) is 5.92. The van der Waals surface area contributed by atoms with Gasteiger partial charge in [0, 0.05) is 23.9 Å². The van der Waals surface area contributed by atoms with E-state index in [1.54, 1.807) is 0 Å². The molecular formula is C25H23N3O3. The highest BCUT2D eigenvalue weighted by atomic mass is 16.2. The summed E-state index contributed by atoms with van der Waals surface area (Å²) in [5, 5.41) is 4.87. The van der Waals surface area contributed by atoms with E-state index in [1.165, 1.54) is 0 Å². The van der Waals surface area contributed by atoms with Crippen molar-refractivity contribution < 1.29 is 14.4 Å². The third-order valence-corrected chi connectivity index (χ3v) is 8.13. The van der Waals surface area contributed by atoms with Crippen LogP contribution in [-0.4, -0.2) is 40.9 Å². The molecule has 3 saturated heterocycles. The molecule has 3 aliphatic heterocycles. The van der Waals surface area contributed by atoms with E-state index in [4.69, 9.17) is 0 Å². The Morgan fingerprint density at radius 1 is 0.903 bits per heavy atom. The maximum Gasteiger partial charge on any atom is 0.328 e. The van der Waals surface area contributed by atoms with Crippen LogP contribution in [0.25, 0.3) is 0 Å². The minimum Gasteiger partial charge on any atom is -0.277 e. The molecule has 6 rings (SSSR count). The molecule has 4 aliphatic rings. The molecule has 2 aromatic rings. The van der Waals surface area contributed by atoms with Crippen molar-refractivity contribution in [3.8, 4) is 0 Å². The third kappa shape index (κ3) is 1.75. The summed E-state index contributed by atoms with van der Waals surface area (Å²) in [5.74, 6) is -1.19. The fourth-order valence-electron chi connectivity index (χ4n) is 7.53. The number of carbonyl (C=O) groups is 3. The van der Waals surface area contributed by atoms with E-state index in [9.17, 15) is 14.4 Å². The number of allylic oxidation sites excluding steroid dienone is 1. The van der Waals surface area contributed by atoms with Crippen LogP contribution in [-0.2, 0) is 20.4 Å². The number of piperidine rings is 1. The van der Waals surface area contributed by atoms with Crippen LogP contribution in [0.1, 0.15) is 24.0 Å². The summed E-state index contributed by atoms with van der Waals surface area (Å²) in [5.41, 5.74) is -0.821. The van der Waals surface area contributed by atoms with E-state index in [0.29, 0.717) is 6.54 Å². The molecule has 0 aromatic heterocycles. The summed E-state index contributed by atoms with van der Waals surface area (Å²) >= 11 is 0. The number of urea groups is 1. The van der Waals surface area contributed by atoms with E-state index in [2.05, 4.69) is 34.2 Å². The van der Waals surface area contributed by atoms with Gasteiger partial charge in [-0.25, -0.2) is 4.79 Å². The first kappa shape index (κ1) is 18.5. The maximum atomic E-state index is 13.8. The fourth-order valence-corrected chi connectivity index (χ4v) is 7.53. The van der Waals surface area contributed by atoms with Crippen molar-refractivity contribution >= 4 is 17.8 Å². The smallest absolute Gasteiger partial charge is 0.277 e. The molecule has 0 bridgehead atoms. The van der Waals surface area contributed by atoms with Gasteiger partial charge in [-0.05, 0) is 24.0 Å². The lowest BCUT2D eigenvalue weighted by Gasteiger charge is -2.45. The lowest BCUT2D eigenvalue weighted by atomic mass is 9.68. The van der Waals surface area contributed by atoms with Gasteiger partial charge in [0.05, 0.1) is 5.41 Å². The summed E-state index contributed by atoms with van der Waals surface area (Å²) in [4.78, 5) is 41.7. The first-order chi connectivity index (χ1) is 15.1. The Morgan fingerprint density at radius 2 is 1.48 bits per heavy atom. The van der Waals surface area contributed by atoms with Crippen LogP contribution < -0.4 is 10.6 Å². The van der Waals surface area contributed by atoms with Crippen molar-refractivity contribution in [3.63, 3.8) is 0 Å². The van der Waals surface area contributed by atoms with Crippen molar-refractivity contribution in [1.82, 2.24) is 15.5 Å². The summed E-state index contributed by atoms with van der Waals surface area (Å²) in [7, 11) is 0. The molecule has 3 heterocycles. The molecular weight excluding hydrogens is 390 g/mol. The van der Waals surface area contributed by atoms with Gasteiger partial charge in [-0.2, -0.15) is 0 Å². The van der Waals surface area contributed by atoms with Gasteiger partial charge >= 0.3 is 6.03 Å². The number of barbiturate groups is 1. The van der Waals surface area contributed by atoms with Crippen molar-refractivity contribution in [2.45, 2.75) is 35.3 Å². The largest absolute Gasteiger partial charge is 0.328 e. The molecule has 156 valence electrons. The van der Waals surface area contributed by atoms with Crippen LogP contribution in [0.2, 0.25) is 0 Å². The minimum atomic E-state index is -1.52. The molecule has 4 atom stereocenters. The normalized spacial score (nSPS) is 35.3. The van der Waals surface area contributed by atoms with Crippen LogP contribution in [0.4, 0.5) is 4.79 Å². The topological polar surface area (TPSA) is 78.5 Å². The van der Waals surface area contributed by atoms with E-state index in [-0.39, 0.29) is 12.0 Å². The number of carbonyl (C=O) groups excluding carboxylic acids is 3. The molecule has 1 saturated carbocycles. The second-order valence-electron chi connectivity index (χ2n) is 8.92. The SMILES string of the molecule is C=C[C@@H]1[C@@]2(c3ccccc3)[C@H]3CCCN3C3(C(=O)NC(=O)NC3=O)[C@@]12c1ccccc1. The Kier molecular flexibility index (Phi) is 3.53. The number of imide groups is 2. The predicted molar refractivity (Wildman–Crippen MR) is 114 cm³/mol. The fraction of sp³-hybridized carbons (Fsp3) is 0.320. The van der Waals surface area contributed by atoms with Gasteiger partial charge in [-0.15, -0.1) is 6.58 Å². The Morgan fingerprint density at radius 3 is 2.06 bits per heavy atom. The molecule has 4 amide bonds. The van der Waals surface area contributed by atoms with Crippen molar-refractivity contribution in [1.29, 1.82) is 0 Å². The Bertz CT molecular complexity index is 1110. The predicted octanol–water partition coefficient (Wildman–Crippen LogP) is 2.26. The van der Waals surface area contributed by atoms with Gasteiger partial charge in [-0.1, -0.05) is 66.7 Å². The zero-order valence-corrected chi connectivity index (χ0v) is 17.0. The average Bonchev–Trinajstić information content (AvgIpc) is 3.03. The van der Waals surface area contributed by atoms with Crippen LogP contribution >= 0.6 is 0 Å². The number of fused-ring (bicyclic) bond motifs is 5. The highest BCUT2D eigenvalue weighted by Crippen LogP contribution is 2.83. The quantitative estimate of drug-likeness (QED) is 0.598. The van der Waals surface area contributed by atoms with E-state index >= 15 is 0 Å². The monoisotopic (exact) mass is 413 g/mol. The summed E-state index contributed by atoms with van der Waals surface area (Å²) in [6.45, 7) is 4.79. The average molecular weight is 413 g/mol. The number of benzene rings is 2. The van der Waals surface area contributed by atoms with Gasteiger partial charge in [0.25, 0.3) is 11.8 Å². The summed E-state index contributed by atoms with van der Waals surface area (Å²) < 4.78 is 0. The zero-order valence-electron chi connectivity index (χ0n) is 17.0. The van der Waals surface area contributed by atoms with Gasteiger partial charge < -0.3 is 0 Å². The summed E-state index contributed by atoms with van der Waals surface area (Å²) in [6.07, 6.45) is 3.68. The van der Waals surface area contributed by atoms with Gasteiger partial charge in [0.1, 0.15) is 0 Å². The zero-order chi connectivity index (χ0) is 21.4. The number of nitrogens with one attached hydrogen (secondary N) is 2. The molecule has 6 heteroatoms. The molecule has 6 nitrogen and oxygen atoms in total. The van der Waals surface area contributed by atoms with Crippen LogP contribution in [0.15, 0.2) is 73.3 Å². The summed E-state index contributed by atoms with van der Waals surface area (Å²) in [6, 6.07) is 19.2. The number of amides is 4. The van der Waals surface area contributed by atoms with Crippen LogP contribution in [0.3, 0.4) is 0 Å². The molecule has 1 aliphatic carbocycles. The standard InChI is InChI=1S/C25H23N3O3/c1-2-18-23(16-10-5-3-6-11-16)19-14-9-15-28(19)25(20(29)26-22(31)27-21(25)30)24(18,23)17-12-7-4-8-13-17/h2-8,10-13,18-19H,1,9,14-15H2,(H2,26,27,29,30,31)/t18-,19-,23+,24+/m1/s1. The molecule has 4 fully saturated rings. The lowest BCUT2D eigenvalue weighted by Crippen LogP contribution is -2.76. The van der Waals surface area contributed by atoms with Gasteiger partial charge in [-0.3, -0.25) is 25.1 Å². The first-order valence-corrected chi connectivity index (χ1v) is 10.7. The highest BCUT2D eigenvalue weighted by Gasteiger charge is 2.96. The molecule has 1 spiro atoms. The van der Waals surface area contributed by atoms with Crippen LogP contribution in [0.5, 0.6) is 0 Å². The lowest BCUT2D eigenvalue weighted by molar-refractivity contribution is -0.149. The third-order valence-electron chi connectivity index (χ3n) is 8.13. The highest BCUT2D eigenvalue weighted by molar-refractivity contribution is 6.25. The first-order valence-electron chi connectivity index (χ1n) is 10.7. The minimum absolute atomic E-state index is 0.0113. The van der Waals surface area contributed by atoms with Crippen molar-refractivity contribution in [2.24, 2.45) is 5.92 Å². The van der Waals surface area contributed by atoms with Crippen LogP contribution in [0, 0.1) is 5.92 Å². The molecule has 2 N–H and O–H groups in total. The molecule has 2 aromatic carbocycles. The number of nitrogens with zero attached hydrogens (tertiary/aromatic N) is 1. The van der Waals surface area contributed by atoms with Crippen molar-refractivity contribution in [3.05, 3.63) is 84.4 Å². The Hall–Kier alpha value is -3.25. The molecule has 0 radical (unpaired) electrons. The van der Waals surface area contributed by atoms with E-state index in [1.807, 2.05) is 54.6 Å². The Labute approximate surface area is 180 Å². The number of hydrogen-bond donors (Lipinski definition) is 2. The van der Waals surface area contributed by atoms with E-state index < -0.39 is 34.2 Å². The number of rotatable bonds is 3. The number of hydrogen-bond acceptors (Lipinski definition) is 4. The van der Waals surface area contributed by atoms with Gasteiger partial charge in [0.2, 0.25) is 0 Å². The maximum absolute atomic E-state index is 13.8. The van der Waals surface area contributed by atoms with Gasteiger partial charge in [0.15, 0.2) is 5.54 Å². The molecule has 31 heavy (non-hydrogen) atoms. The van der Waals surface area contributed by atoms with E-state index in [0.717, 1.165) is 24.0 Å². The van der Waals surface area contributed by atoms with Crippen molar-refractivity contribution in [2.75, 3.05) is 6.54 Å². The molecule has 0 unspecified atom stereocenters. The Balaban J connectivity index is 1.74.